The van der Waals surface area contributed by atoms with Gasteiger partial charge in [-0.2, -0.15) is 13.5 Å². The molecule has 3 rings (SSSR count). The molecule has 0 amide bonds. The molecule has 0 bridgehead atoms. The number of benzene rings is 3. The van der Waals surface area contributed by atoms with Crippen LogP contribution in [0.5, 0.6) is 5.75 Å². The third kappa shape index (κ3) is 3.68. The number of phenols is 1. The molecule has 27 heavy (non-hydrogen) atoms. The Morgan fingerprint density at radius 3 is 2.30 bits per heavy atom. The second-order valence-electron chi connectivity index (χ2n) is 5.50. The molecular weight excluding hydrogens is 376 g/mol. The van der Waals surface area contributed by atoms with Crippen LogP contribution >= 0.6 is 0 Å². The average molecular weight is 388 g/mol. The van der Waals surface area contributed by atoms with Crippen LogP contribution in [0.2, 0.25) is 0 Å². The number of azo groups is 1. The third-order valence-corrected chi connectivity index (χ3v) is 4.55. The number of rotatable bonds is 4. The lowest BCUT2D eigenvalue weighted by Gasteiger charge is -2.09. The Labute approximate surface area is 152 Å². The molecule has 0 aromatic heterocycles. The van der Waals surface area contributed by atoms with E-state index in [1.807, 2.05) is 0 Å². The molecule has 0 spiro atoms. The summed E-state index contributed by atoms with van der Waals surface area (Å²) in [5.41, 5.74) is 5.55. The standard InChI is InChI=1S/C16H12N4O6S/c17-10-2-1-9-7-14(27(24,25)26)15(16(21)13(9)8-10)19-18-11-3-5-12(6-4-11)20(22)23/h1-8,21H,17H2,(H,24,25,26). The Balaban J connectivity index is 2.16. The number of anilines is 1. The molecule has 0 saturated carbocycles. The molecule has 0 unspecified atom stereocenters. The minimum Gasteiger partial charge on any atom is -0.505 e. The zero-order chi connectivity index (χ0) is 19.8. The van der Waals surface area contributed by atoms with Gasteiger partial charge in [-0.15, -0.1) is 5.11 Å². The van der Waals surface area contributed by atoms with Gasteiger partial charge in [0, 0.05) is 23.2 Å². The molecule has 0 heterocycles. The van der Waals surface area contributed by atoms with Gasteiger partial charge in [-0.3, -0.25) is 14.7 Å². The topological polar surface area (TPSA) is 168 Å². The first kappa shape index (κ1) is 18.2. The predicted octanol–water partition coefficient (Wildman–Crippen LogP) is 3.70. The van der Waals surface area contributed by atoms with Crippen molar-refractivity contribution in [2.24, 2.45) is 10.2 Å². The molecule has 10 nitrogen and oxygen atoms in total. The minimum absolute atomic E-state index is 0.156. The van der Waals surface area contributed by atoms with E-state index < -0.39 is 31.4 Å². The van der Waals surface area contributed by atoms with E-state index in [2.05, 4.69) is 10.2 Å². The highest BCUT2D eigenvalue weighted by atomic mass is 32.2. The molecule has 0 aliphatic rings. The normalized spacial score (nSPS) is 11.9. The Morgan fingerprint density at radius 2 is 1.70 bits per heavy atom. The van der Waals surface area contributed by atoms with E-state index in [1.165, 1.54) is 42.5 Å². The van der Waals surface area contributed by atoms with Gasteiger partial charge in [0.25, 0.3) is 15.8 Å². The summed E-state index contributed by atoms with van der Waals surface area (Å²) in [6.07, 6.45) is 0. The average Bonchev–Trinajstić information content (AvgIpc) is 2.60. The number of nitrogens with two attached hydrogens (primary N) is 1. The highest BCUT2D eigenvalue weighted by molar-refractivity contribution is 7.86. The third-order valence-electron chi connectivity index (χ3n) is 3.68. The van der Waals surface area contributed by atoms with Crippen molar-refractivity contribution < 1.29 is 23.0 Å². The van der Waals surface area contributed by atoms with Crippen molar-refractivity contribution >= 4 is 43.6 Å². The zero-order valence-electron chi connectivity index (χ0n) is 13.5. The molecule has 0 saturated heterocycles. The van der Waals surface area contributed by atoms with E-state index >= 15 is 0 Å². The van der Waals surface area contributed by atoms with Crippen LogP contribution in [0.4, 0.5) is 22.7 Å². The maximum absolute atomic E-state index is 11.7. The summed E-state index contributed by atoms with van der Waals surface area (Å²) in [5.74, 6) is -0.530. The summed E-state index contributed by atoms with van der Waals surface area (Å²) in [4.78, 5) is 9.43. The summed E-state index contributed by atoms with van der Waals surface area (Å²) in [5, 5.41) is 29.1. The molecule has 3 aromatic carbocycles. The Bertz CT molecular complexity index is 1190. The summed E-state index contributed by atoms with van der Waals surface area (Å²) in [7, 11) is -4.71. The number of nitrogen functional groups attached to an aromatic ring is 1. The molecule has 0 fully saturated rings. The van der Waals surface area contributed by atoms with Gasteiger partial charge in [0.2, 0.25) is 0 Å². The van der Waals surface area contributed by atoms with Gasteiger partial charge < -0.3 is 10.8 Å². The van der Waals surface area contributed by atoms with E-state index in [0.717, 1.165) is 6.07 Å². The summed E-state index contributed by atoms with van der Waals surface area (Å²) < 4.78 is 32.8. The fourth-order valence-electron chi connectivity index (χ4n) is 2.40. The van der Waals surface area contributed by atoms with Gasteiger partial charge in [0.1, 0.15) is 10.6 Å². The number of nitro groups is 1. The van der Waals surface area contributed by atoms with Crippen LogP contribution in [-0.2, 0) is 10.1 Å². The molecule has 0 aliphatic heterocycles. The zero-order valence-corrected chi connectivity index (χ0v) is 14.3. The lowest BCUT2D eigenvalue weighted by molar-refractivity contribution is -0.384. The van der Waals surface area contributed by atoms with Crippen LogP contribution in [0.3, 0.4) is 0 Å². The monoisotopic (exact) mass is 388 g/mol. The second-order valence-corrected chi connectivity index (χ2v) is 6.89. The van der Waals surface area contributed by atoms with Crippen molar-refractivity contribution in [1.82, 2.24) is 0 Å². The van der Waals surface area contributed by atoms with E-state index in [0.29, 0.717) is 11.1 Å². The van der Waals surface area contributed by atoms with Gasteiger partial charge in [0.05, 0.1) is 10.6 Å². The second kappa shape index (κ2) is 6.63. The molecule has 0 radical (unpaired) electrons. The van der Waals surface area contributed by atoms with E-state index in [1.54, 1.807) is 0 Å². The van der Waals surface area contributed by atoms with Gasteiger partial charge in [-0.25, -0.2) is 0 Å². The molecule has 0 atom stereocenters. The summed E-state index contributed by atoms with van der Waals surface area (Å²) >= 11 is 0. The number of aromatic hydroxyl groups is 1. The Morgan fingerprint density at radius 1 is 1.04 bits per heavy atom. The van der Waals surface area contributed by atoms with Crippen molar-refractivity contribution in [3.63, 3.8) is 0 Å². The highest BCUT2D eigenvalue weighted by Gasteiger charge is 2.22. The maximum Gasteiger partial charge on any atom is 0.296 e. The van der Waals surface area contributed by atoms with Gasteiger partial charge >= 0.3 is 0 Å². The number of hydrogen-bond acceptors (Lipinski definition) is 8. The van der Waals surface area contributed by atoms with Crippen molar-refractivity contribution in [2.75, 3.05) is 5.73 Å². The first-order valence-corrected chi connectivity index (χ1v) is 8.80. The van der Waals surface area contributed by atoms with Crippen LogP contribution in [0, 0.1) is 10.1 Å². The molecule has 0 aliphatic carbocycles. The lowest BCUT2D eigenvalue weighted by Crippen LogP contribution is -1.99. The predicted molar refractivity (Wildman–Crippen MR) is 97.1 cm³/mol. The molecule has 4 N–H and O–H groups in total. The van der Waals surface area contributed by atoms with Crippen molar-refractivity contribution in [1.29, 1.82) is 0 Å². The van der Waals surface area contributed by atoms with Gasteiger partial charge in [0.15, 0.2) is 5.75 Å². The highest BCUT2D eigenvalue weighted by Crippen LogP contribution is 2.41. The number of hydrogen-bond donors (Lipinski definition) is 3. The molecular formula is C16H12N4O6S. The van der Waals surface area contributed by atoms with E-state index in [9.17, 15) is 28.2 Å². The summed E-state index contributed by atoms with van der Waals surface area (Å²) in [6, 6.07) is 10.5. The van der Waals surface area contributed by atoms with Crippen molar-refractivity contribution in [3.8, 4) is 5.75 Å². The molecule has 11 heteroatoms. The van der Waals surface area contributed by atoms with Crippen LogP contribution in [0.1, 0.15) is 0 Å². The molecule has 138 valence electrons. The van der Waals surface area contributed by atoms with Crippen molar-refractivity contribution in [2.45, 2.75) is 4.90 Å². The number of fused-ring (bicyclic) bond motifs is 1. The molecule has 3 aromatic rings. The first-order chi connectivity index (χ1) is 12.7. The van der Waals surface area contributed by atoms with E-state index in [-0.39, 0.29) is 16.8 Å². The SMILES string of the molecule is Nc1ccc2cc(S(=O)(=O)O)c(N=Nc3ccc([N+](=O)[O-])cc3)c(O)c2c1. The summed E-state index contributed by atoms with van der Waals surface area (Å²) in [6.45, 7) is 0. The first-order valence-electron chi connectivity index (χ1n) is 7.36. The number of nitro benzene ring substituents is 1. The van der Waals surface area contributed by atoms with Crippen molar-refractivity contribution in [3.05, 3.63) is 58.6 Å². The smallest absolute Gasteiger partial charge is 0.296 e. The number of non-ortho nitro benzene ring substituents is 1. The van der Waals surface area contributed by atoms with Crippen LogP contribution < -0.4 is 5.73 Å². The van der Waals surface area contributed by atoms with Crippen LogP contribution in [-0.4, -0.2) is 23.0 Å². The Kier molecular flexibility index (Phi) is 4.47. The maximum atomic E-state index is 11.7. The fourth-order valence-corrected chi connectivity index (χ4v) is 3.06. The quantitative estimate of drug-likeness (QED) is 0.201. The number of nitrogens with zero attached hydrogens (tertiary/aromatic N) is 3. The lowest BCUT2D eigenvalue weighted by atomic mass is 10.1. The van der Waals surface area contributed by atoms with Gasteiger partial charge in [-0.1, -0.05) is 6.07 Å². The van der Waals surface area contributed by atoms with Crippen LogP contribution in [0.15, 0.2) is 63.7 Å². The Hall–Kier alpha value is -3.57. The minimum atomic E-state index is -4.71. The van der Waals surface area contributed by atoms with E-state index in [4.69, 9.17) is 5.73 Å². The van der Waals surface area contributed by atoms with Gasteiger partial charge in [-0.05, 0) is 35.7 Å². The largest absolute Gasteiger partial charge is 0.505 e. The fraction of sp³-hybridized carbons (Fsp3) is 0. The number of phenolic OH excluding ortho intramolecular Hbond substituents is 1. The van der Waals surface area contributed by atoms with Crippen LogP contribution in [0.25, 0.3) is 10.8 Å².